The second-order valence-corrected chi connectivity index (χ2v) is 7.86. The van der Waals surface area contributed by atoms with E-state index in [1.54, 1.807) is 18.3 Å². The molecule has 2 aromatic heterocycles. The molecule has 2 N–H and O–H groups in total. The topological polar surface area (TPSA) is 79.9 Å². The van der Waals surface area contributed by atoms with Gasteiger partial charge in [0.25, 0.3) is 5.91 Å². The first-order valence-corrected chi connectivity index (χ1v) is 10.7. The molecule has 1 amide bonds. The number of H-pyrrole nitrogens is 1. The monoisotopic (exact) mass is 412 g/mol. The van der Waals surface area contributed by atoms with E-state index < -0.39 is 0 Å². The van der Waals surface area contributed by atoms with E-state index in [2.05, 4.69) is 15.3 Å². The molecule has 6 nitrogen and oxygen atoms in total. The summed E-state index contributed by atoms with van der Waals surface area (Å²) in [5.74, 6) is 1.88. The molecule has 0 atom stereocenters. The molecule has 0 bridgehead atoms. The number of rotatable bonds is 5. The number of nitrogens with one attached hydrogen (secondary N) is 2. The number of aromatic nitrogens is 3. The van der Waals surface area contributed by atoms with Crippen LogP contribution in [-0.4, -0.2) is 27.0 Å². The lowest BCUT2D eigenvalue weighted by Gasteiger charge is -2.23. The fraction of sp³-hybridized carbons (Fsp3) is 0.240. The third-order valence-corrected chi connectivity index (χ3v) is 5.65. The Morgan fingerprint density at radius 1 is 0.968 bits per heavy atom. The molecule has 0 radical (unpaired) electrons. The van der Waals surface area contributed by atoms with Crippen LogP contribution in [-0.2, 0) is 0 Å². The number of nitrogens with zero attached hydrogens (tertiary/aromatic N) is 2. The number of hydrogen-bond donors (Lipinski definition) is 2. The number of aromatic amines is 1. The predicted octanol–water partition coefficient (Wildman–Crippen LogP) is 5.59. The number of hydrogen-bond acceptors (Lipinski definition) is 4. The van der Waals surface area contributed by atoms with Crippen LogP contribution in [0.25, 0.3) is 22.4 Å². The third kappa shape index (κ3) is 4.28. The molecule has 2 aromatic carbocycles. The SMILES string of the molecule is O=C(Nc1ccccn1)c1cccc2[nH]c(-c3ccc(OC4CCCCC4)cc3)nc12. The molecule has 156 valence electrons. The van der Waals surface area contributed by atoms with Crippen molar-refractivity contribution in [1.29, 1.82) is 0 Å². The summed E-state index contributed by atoms with van der Waals surface area (Å²) >= 11 is 0. The van der Waals surface area contributed by atoms with Crippen molar-refractivity contribution < 1.29 is 9.53 Å². The highest BCUT2D eigenvalue weighted by atomic mass is 16.5. The molecule has 5 rings (SSSR count). The Kier molecular flexibility index (Phi) is 5.35. The number of ether oxygens (including phenoxy) is 1. The summed E-state index contributed by atoms with van der Waals surface area (Å²) in [6, 6.07) is 18.9. The molecule has 0 unspecified atom stereocenters. The normalized spacial score (nSPS) is 14.5. The largest absolute Gasteiger partial charge is 0.490 e. The quantitative estimate of drug-likeness (QED) is 0.448. The van der Waals surface area contributed by atoms with E-state index in [1.807, 2.05) is 48.5 Å². The van der Waals surface area contributed by atoms with Crippen LogP contribution in [0.15, 0.2) is 66.9 Å². The van der Waals surface area contributed by atoms with Crippen molar-refractivity contribution in [3.8, 4) is 17.1 Å². The fourth-order valence-electron chi connectivity index (χ4n) is 4.04. The maximum absolute atomic E-state index is 12.8. The Morgan fingerprint density at radius 2 is 1.81 bits per heavy atom. The van der Waals surface area contributed by atoms with Crippen LogP contribution in [0.5, 0.6) is 5.75 Å². The number of carbonyl (C=O) groups is 1. The standard InChI is InChI=1S/C25H24N4O2/c30-25(28-22-11-4-5-16-26-22)20-9-6-10-21-23(20)29-24(27-21)17-12-14-19(15-13-17)31-18-7-2-1-3-8-18/h4-6,9-16,18H,1-3,7-8H2,(H,27,29)(H,26,28,30). The summed E-state index contributed by atoms with van der Waals surface area (Å²) in [7, 11) is 0. The Morgan fingerprint density at radius 3 is 2.58 bits per heavy atom. The summed E-state index contributed by atoms with van der Waals surface area (Å²) in [4.78, 5) is 25.0. The highest BCUT2D eigenvalue weighted by Crippen LogP contribution is 2.27. The zero-order chi connectivity index (χ0) is 21.0. The van der Waals surface area contributed by atoms with E-state index >= 15 is 0 Å². The maximum Gasteiger partial charge on any atom is 0.259 e. The number of imidazole rings is 1. The predicted molar refractivity (Wildman–Crippen MR) is 121 cm³/mol. The van der Waals surface area contributed by atoms with E-state index in [1.165, 1.54) is 19.3 Å². The van der Waals surface area contributed by atoms with Crippen molar-refractivity contribution in [2.24, 2.45) is 0 Å². The minimum absolute atomic E-state index is 0.237. The summed E-state index contributed by atoms with van der Waals surface area (Å²) in [5.41, 5.74) is 2.89. The van der Waals surface area contributed by atoms with Crippen LogP contribution in [0.1, 0.15) is 42.5 Å². The summed E-state index contributed by atoms with van der Waals surface area (Å²) in [6.45, 7) is 0. The minimum atomic E-state index is -0.237. The van der Waals surface area contributed by atoms with Crippen LogP contribution in [0.2, 0.25) is 0 Å². The summed E-state index contributed by atoms with van der Waals surface area (Å²) < 4.78 is 6.12. The number of para-hydroxylation sites is 1. The lowest BCUT2D eigenvalue weighted by Crippen LogP contribution is -2.19. The molecule has 1 aliphatic carbocycles. The van der Waals surface area contributed by atoms with Gasteiger partial charge in [-0.2, -0.15) is 0 Å². The molecule has 2 heterocycles. The average Bonchev–Trinajstić information content (AvgIpc) is 3.25. The van der Waals surface area contributed by atoms with Gasteiger partial charge in [0.15, 0.2) is 0 Å². The molecular formula is C25H24N4O2. The number of anilines is 1. The van der Waals surface area contributed by atoms with Gasteiger partial charge >= 0.3 is 0 Å². The molecule has 0 aliphatic heterocycles. The highest BCUT2D eigenvalue weighted by Gasteiger charge is 2.16. The van der Waals surface area contributed by atoms with Crippen molar-refractivity contribution in [2.75, 3.05) is 5.32 Å². The molecule has 0 saturated heterocycles. The van der Waals surface area contributed by atoms with Gasteiger partial charge in [-0.25, -0.2) is 9.97 Å². The molecule has 0 spiro atoms. The second-order valence-electron chi connectivity index (χ2n) is 7.86. The van der Waals surface area contributed by atoms with Gasteiger partial charge in [-0.15, -0.1) is 0 Å². The molecular weight excluding hydrogens is 388 g/mol. The smallest absolute Gasteiger partial charge is 0.259 e. The van der Waals surface area contributed by atoms with Crippen LogP contribution in [0.4, 0.5) is 5.82 Å². The second kappa shape index (κ2) is 8.60. The zero-order valence-electron chi connectivity index (χ0n) is 17.2. The van der Waals surface area contributed by atoms with Crippen molar-refractivity contribution in [1.82, 2.24) is 15.0 Å². The fourth-order valence-corrected chi connectivity index (χ4v) is 4.04. The van der Waals surface area contributed by atoms with Gasteiger partial charge in [-0.3, -0.25) is 4.79 Å². The van der Waals surface area contributed by atoms with E-state index in [0.29, 0.717) is 23.0 Å². The first-order chi connectivity index (χ1) is 15.3. The Hall–Kier alpha value is -3.67. The molecule has 6 heteroatoms. The van der Waals surface area contributed by atoms with Crippen molar-refractivity contribution >= 4 is 22.8 Å². The first-order valence-electron chi connectivity index (χ1n) is 10.7. The third-order valence-electron chi connectivity index (χ3n) is 5.65. The van der Waals surface area contributed by atoms with Gasteiger partial charge in [0.2, 0.25) is 0 Å². The molecule has 1 aliphatic rings. The van der Waals surface area contributed by atoms with Crippen LogP contribution in [0.3, 0.4) is 0 Å². The average molecular weight is 412 g/mol. The van der Waals surface area contributed by atoms with Crippen LogP contribution < -0.4 is 10.1 Å². The van der Waals surface area contributed by atoms with Crippen molar-refractivity contribution in [3.05, 3.63) is 72.4 Å². The summed E-state index contributed by atoms with van der Waals surface area (Å²) in [6.07, 6.45) is 8.04. The molecule has 1 saturated carbocycles. The molecule has 1 fully saturated rings. The lowest BCUT2D eigenvalue weighted by atomic mass is 9.98. The van der Waals surface area contributed by atoms with E-state index in [0.717, 1.165) is 35.5 Å². The van der Waals surface area contributed by atoms with Gasteiger partial charge in [0.05, 0.1) is 17.2 Å². The van der Waals surface area contributed by atoms with Crippen molar-refractivity contribution in [3.63, 3.8) is 0 Å². The Labute approximate surface area is 180 Å². The minimum Gasteiger partial charge on any atom is -0.490 e. The zero-order valence-corrected chi connectivity index (χ0v) is 17.2. The number of carbonyl (C=O) groups excluding carboxylic acids is 1. The highest BCUT2D eigenvalue weighted by molar-refractivity contribution is 6.11. The Balaban J connectivity index is 1.37. The van der Waals surface area contributed by atoms with Gasteiger partial charge in [-0.1, -0.05) is 18.6 Å². The number of fused-ring (bicyclic) bond motifs is 1. The van der Waals surface area contributed by atoms with E-state index in [9.17, 15) is 4.79 Å². The molecule has 4 aromatic rings. The Bertz CT molecular complexity index is 1180. The summed E-state index contributed by atoms with van der Waals surface area (Å²) in [5, 5.41) is 2.83. The van der Waals surface area contributed by atoms with Gasteiger partial charge < -0.3 is 15.0 Å². The number of amides is 1. The van der Waals surface area contributed by atoms with E-state index in [4.69, 9.17) is 9.72 Å². The van der Waals surface area contributed by atoms with Gasteiger partial charge in [0.1, 0.15) is 22.9 Å². The van der Waals surface area contributed by atoms with E-state index in [-0.39, 0.29) is 5.91 Å². The van der Waals surface area contributed by atoms with Gasteiger partial charge in [-0.05, 0) is 74.2 Å². The molecule has 31 heavy (non-hydrogen) atoms. The lowest BCUT2D eigenvalue weighted by molar-refractivity contribution is 0.102. The van der Waals surface area contributed by atoms with Gasteiger partial charge in [0, 0.05) is 11.8 Å². The first kappa shape index (κ1) is 19.3. The van der Waals surface area contributed by atoms with Crippen LogP contribution in [0, 0.1) is 0 Å². The number of pyridine rings is 1. The maximum atomic E-state index is 12.8. The van der Waals surface area contributed by atoms with Crippen LogP contribution >= 0.6 is 0 Å². The van der Waals surface area contributed by atoms with Crippen molar-refractivity contribution in [2.45, 2.75) is 38.2 Å². The number of benzene rings is 2.